The van der Waals surface area contributed by atoms with Gasteiger partial charge in [-0.1, -0.05) is 6.08 Å². The molecule has 0 radical (unpaired) electrons. The fourth-order valence-electron chi connectivity index (χ4n) is 4.76. The highest BCUT2D eigenvalue weighted by atomic mass is 16.6. The fourth-order valence-corrected chi connectivity index (χ4v) is 4.76. The van der Waals surface area contributed by atoms with E-state index in [0.29, 0.717) is 43.2 Å². The van der Waals surface area contributed by atoms with Gasteiger partial charge in [-0.15, -0.1) is 0 Å². The molecule has 2 amide bonds. The maximum Gasteiger partial charge on any atom is 0.410 e. The van der Waals surface area contributed by atoms with Crippen molar-refractivity contribution in [3.8, 4) is 0 Å². The number of hydrogen-bond donors (Lipinski definition) is 3. The van der Waals surface area contributed by atoms with Gasteiger partial charge in [0.2, 0.25) is 0 Å². The predicted molar refractivity (Wildman–Crippen MR) is 156 cm³/mol. The van der Waals surface area contributed by atoms with E-state index in [4.69, 9.17) is 15.2 Å². The number of hydrogen-bond acceptors (Lipinski definition) is 7. The standard InChI is InChI=1S/C29H39N7O4/c1-4-40-28(38)36-14-11-21(12-15-36)24-6-5-13-31-25(24)33-27(30)32-23-9-7-22(8-10-23)26(37)34-29(2,3)20-35-16-18-39-19-17-35/h5-11,13H,4,12,14-20H2,1-3H3,(H,34,37)(H3,30,31,32,33). The van der Waals surface area contributed by atoms with Gasteiger partial charge in [-0.25, -0.2) is 9.78 Å². The number of aliphatic imine (C=N–C) groups is 1. The molecule has 11 heteroatoms. The molecular formula is C29H39N7O4. The topological polar surface area (TPSA) is 134 Å². The van der Waals surface area contributed by atoms with Crippen molar-refractivity contribution in [3.05, 3.63) is 59.8 Å². The van der Waals surface area contributed by atoms with Crippen LogP contribution in [0.1, 0.15) is 43.1 Å². The molecule has 4 N–H and O–H groups in total. The number of amides is 2. The molecule has 1 saturated heterocycles. The molecule has 1 aromatic carbocycles. The first kappa shape index (κ1) is 29.0. The van der Waals surface area contributed by atoms with Gasteiger partial charge in [0.15, 0.2) is 11.8 Å². The minimum absolute atomic E-state index is 0.133. The second-order valence-corrected chi connectivity index (χ2v) is 10.4. The number of nitrogens with zero attached hydrogens (tertiary/aromatic N) is 4. The molecule has 214 valence electrons. The lowest BCUT2D eigenvalue weighted by molar-refractivity contribution is 0.0269. The highest BCUT2D eigenvalue weighted by molar-refractivity contribution is 5.97. The van der Waals surface area contributed by atoms with E-state index in [2.05, 4.69) is 25.5 Å². The lowest BCUT2D eigenvalue weighted by atomic mass is 10.0. The van der Waals surface area contributed by atoms with Crippen molar-refractivity contribution in [3.63, 3.8) is 0 Å². The first-order valence-electron chi connectivity index (χ1n) is 13.6. The lowest BCUT2D eigenvalue weighted by Gasteiger charge is -2.35. The van der Waals surface area contributed by atoms with Gasteiger partial charge in [0.05, 0.1) is 19.8 Å². The molecule has 2 aliphatic rings. The summed E-state index contributed by atoms with van der Waals surface area (Å²) in [6, 6.07) is 10.9. The fraction of sp³-hybridized carbons (Fsp3) is 0.448. The Balaban J connectivity index is 1.36. The normalized spacial score (nSPS) is 16.7. The van der Waals surface area contributed by atoms with E-state index in [9.17, 15) is 9.59 Å². The first-order chi connectivity index (χ1) is 19.2. The van der Waals surface area contributed by atoms with Crippen molar-refractivity contribution in [2.75, 3.05) is 57.9 Å². The highest BCUT2D eigenvalue weighted by Crippen LogP contribution is 2.29. The van der Waals surface area contributed by atoms with E-state index in [0.717, 1.165) is 44.0 Å². The van der Waals surface area contributed by atoms with Crippen molar-refractivity contribution in [1.29, 1.82) is 0 Å². The van der Waals surface area contributed by atoms with Crippen LogP contribution < -0.4 is 16.4 Å². The van der Waals surface area contributed by atoms with Crippen molar-refractivity contribution in [2.24, 2.45) is 10.7 Å². The van der Waals surface area contributed by atoms with Crippen molar-refractivity contribution in [1.82, 2.24) is 20.1 Å². The van der Waals surface area contributed by atoms with Crippen LogP contribution >= 0.6 is 0 Å². The van der Waals surface area contributed by atoms with Gasteiger partial charge in [0.25, 0.3) is 5.91 Å². The quantitative estimate of drug-likeness (QED) is 0.338. The number of nitrogens with one attached hydrogen (secondary N) is 2. The van der Waals surface area contributed by atoms with E-state index < -0.39 is 0 Å². The van der Waals surface area contributed by atoms with Crippen molar-refractivity contribution in [2.45, 2.75) is 32.7 Å². The van der Waals surface area contributed by atoms with Gasteiger partial charge in [0, 0.05) is 61.3 Å². The van der Waals surface area contributed by atoms with Crippen LogP contribution in [0.4, 0.5) is 16.3 Å². The molecule has 2 aromatic rings. The number of anilines is 1. The number of carbonyl (C=O) groups excluding carboxylic acids is 2. The van der Waals surface area contributed by atoms with E-state index in [1.165, 1.54) is 0 Å². The molecule has 0 bridgehead atoms. The molecule has 11 nitrogen and oxygen atoms in total. The zero-order valence-electron chi connectivity index (χ0n) is 23.5. The number of guanidine groups is 1. The summed E-state index contributed by atoms with van der Waals surface area (Å²) in [6.07, 6.45) is 4.01. The first-order valence-corrected chi connectivity index (χ1v) is 13.6. The third-order valence-corrected chi connectivity index (χ3v) is 6.69. The number of pyridine rings is 1. The number of ether oxygens (including phenoxy) is 2. The van der Waals surface area contributed by atoms with E-state index in [-0.39, 0.29) is 23.5 Å². The van der Waals surface area contributed by atoms with Crippen molar-refractivity contribution >= 4 is 35.0 Å². The predicted octanol–water partition coefficient (Wildman–Crippen LogP) is 3.23. The summed E-state index contributed by atoms with van der Waals surface area (Å²) >= 11 is 0. The third kappa shape index (κ3) is 8.03. The second kappa shape index (κ2) is 13.4. The Labute approximate surface area is 235 Å². The van der Waals surface area contributed by atoms with E-state index in [1.807, 2.05) is 32.1 Å². The van der Waals surface area contributed by atoms with Gasteiger partial charge in [-0.3, -0.25) is 9.69 Å². The Morgan fingerprint density at radius 1 is 1.15 bits per heavy atom. The second-order valence-electron chi connectivity index (χ2n) is 10.4. The summed E-state index contributed by atoms with van der Waals surface area (Å²) < 4.78 is 10.5. The van der Waals surface area contributed by atoms with Gasteiger partial charge in [0.1, 0.15) is 0 Å². The average molecular weight is 550 g/mol. The van der Waals surface area contributed by atoms with Crippen LogP contribution in [0.5, 0.6) is 0 Å². The number of benzene rings is 1. The Hall–Kier alpha value is -3.96. The third-order valence-electron chi connectivity index (χ3n) is 6.69. The largest absolute Gasteiger partial charge is 0.450 e. The summed E-state index contributed by atoms with van der Waals surface area (Å²) in [5, 5.41) is 6.21. The van der Waals surface area contributed by atoms with Crippen molar-refractivity contribution < 1.29 is 19.1 Å². The maximum atomic E-state index is 12.9. The van der Waals surface area contributed by atoms with E-state index >= 15 is 0 Å². The zero-order chi connectivity index (χ0) is 28.5. The van der Waals surface area contributed by atoms with Crippen LogP contribution in [-0.2, 0) is 9.47 Å². The molecule has 1 aromatic heterocycles. The molecule has 1 fully saturated rings. The molecule has 0 saturated carbocycles. The average Bonchev–Trinajstić information content (AvgIpc) is 2.94. The Kier molecular flexibility index (Phi) is 9.73. The summed E-state index contributed by atoms with van der Waals surface area (Å²) in [4.78, 5) is 37.8. The van der Waals surface area contributed by atoms with Gasteiger partial charge >= 0.3 is 6.09 Å². The van der Waals surface area contributed by atoms with Gasteiger partial charge in [-0.2, -0.15) is 4.99 Å². The monoisotopic (exact) mass is 549 g/mol. The molecule has 3 heterocycles. The number of aromatic nitrogens is 1. The molecule has 0 spiro atoms. The van der Waals surface area contributed by atoms with Crippen LogP contribution in [0.2, 0.25) is 0 Å². The summed E-state index contributed by atoms with van der Waals surface area (Å²) in [7, 11) is 0. The molecule has 4 rings (SSSR count). The molecule has 0 unspecified atom stereocenters. The van der Waals surface area contributed by atoms with Crippen LogP contribution in [0.3, 0.4) is 0 Å². The van der Waals surface area contributed by atoms with E-state index in [1.54, 1.807) is 42.3 Å². The molecule has 0 aliphatic carbocycles. The lowest BCUT2D eigenvalue weighted by Crippen LogP contribution is -2.53. The number of morpholine rings is 1. The molecule has 40 heavy (non-hydrogen) atoms. The minimum Gasteiger partial charge on any atom is -0.450 e. The zero-order valence-corrected chi connectivity index (χ0v) is 23.5. The smallest absolute Gasteiger partial charge is 0.410 e. The molecular weight excluding hydrogens is 510 g/mol. The van der Waals surface area contributed by atoms with Gasteiger partial charge < -0.3 is 30.7 Å². The van der Waals surface area contributed by atoms with Gasteiger partial charge in [-0.05, 0) is 69.2 Å². The molecule has 0 atom stereocenters. The number of nitrogens with two attached hydrogens (primary N) is 1. The van der Waals surface area contributed by atoms with Crippen LogP contribution in [-0.4, -0.2) is 90.8 Å². The number of rotatable bonds is 8. The minimum atomic E-state index is -0.381. The van der Waals surface area contributed by atoms with Crippen LogP contribution in [0.15, 0.2) is 53.7 Å². The number of carbonyl (C=O) groups is 2. The Morgan fingerprint density at radius 2 is 1.90 bits per heavy atom. The Morgan fingerprint density at radius 3 is 2.58 bits per heavy atom. The SMILES string of the molecule is CCOC(=O)N1CC=C(c2cccnc2N=C(N)Nc2ccc(C(=O)NC(C)(C)CN3CCOCC3)cc2)CC1. The highest BCUT2D eigenvalue weighted by Gasteiger charge is 2.25. The molecule has 2 aliphatic heterocycles. The maximum absolute atomic E-state index is 12.9. The van der Waals surface area contributed by atoms with Crippen LogP contribution in [0, 0.1) is 0 Å². The summed E-state index contributed by atoms with van der Waals surface area (Å²) in [6.45, 7) is 11.2. The Bertz CT molecular complexity index is 1240. The van der Waals surface area contributed by atoms with Crippen LogP contribution in [0.25, 0.3) is 5.57 Å². The summed E-state index contributed by atoms with van der Waals surface area (Å²) in [5.41, 5.74) is 9.01. The summed E-state index contributed by atoms with van der Waals surface area (Å²) in [5.74, 6) is 0.530.